The van der Waals surface area contributed by atoms with Gasteiger partial charge in [0, 0.05) is 24.7 Å². The molecule has 172 valence electrons. The van der Waals surface area contributed by atoms with Gasteiger partial charge in [-0.3, -0.25) is 19.5 Å². The first-order chi connectivity index (χ1) is 16.2. The minimum Gasteiger partial charge on any atom is -0.285 e. The van der Waals surface area contributed by atoms with Gasteiger partial charge in [0.2, 0.25) is 11.8 Å². The number of nitrogens with zero attached hydrogens (tertiary/aromatic N) is 2. The second-order valence-corrected chi connectivity index (χ2v) is 8.71. The highest BCUT2D eigenvalue weighted by atomic mass is 19.4. The molecule has 0 N–H and O–H groups in total. The summed E-state index contributed by atoms with van der Waals surface area (Å²) in [5.74, 6) is -1.41. The van der Waals surface area contributed by atoms with E-state index in [0.29, 0.717) is 23.2 Å². The lowest BCUT2D eigenvalue weighted by Crippen LogP contribution is -2.31. The molecule has 1 saturated heterocycles. The molecule has 3 aromatic rings. The summed E-state index contributed by atoms with van der Waals surface area (Å²) >= 11 is 0. The Morgan fingerprint density at radius 1 is 0.971 bits per heavy atom. The molecule has 4 nitrogen and oxygen atoms in total. The average Bonchev–Trinajstić information content (AvgIpc) is 3.05. The van der Waals surface area contributed by atoms with Crippen LogP contribution in [0.25, 0.3) is 17.2 Å². The molecular formula is C27H21F3N2O2. The molecule has 1 fully saturated rings. The van der Waals surface area contributed by atoms with Crippen LogP contribution in [-0.4, -0.2) is 28.7 Å². The van der Waals surface area contributed by atoms with Gasteiger partial charge < -0.3 is 0 Å². The van der Waals surface area contributed by atoms with Crippen LogP contribution in [0.5, 0.6) is 0 Å². The van der Waals surface area contributed by atoms with Crippen molar-refractivity contribution < 1.29 is 22.8 Å². The number of halogens is 3. The van der Waals surface area contributed by atoms with Gasteiger partial charge in [-0.1, -0.05) is 48.5 Å². The van der Waals surface area contributed by atoms with Crippen molar-refractivity contribution in [2.45, 2.75) is 18.5 Å². The maximum atomic E-state index is 13.0. The van der Waals surface area contributed by atoms with Crippen LogP contribution in [0.4, 0.5) is 13.2 Å². The second-order valence-electron chi connectivity index (χ2n) is 8.71. The summed E-state index contributed by atoms with van der Waals surface area (Å²) in [7, 11) is 1.53. The number of imide groups is 1. The first kappa shape index (κ1) is 22.1. The molecule has 3 unspecified atom stereocenters. The number of fused-ring (bicyclic) bond motifs is 2. The Kier molecular flexibility index (Phi) is 5.35. The molecule has 2 amide bonds. The van der Waals surface area contributed by atoms with E-state index >= 15 is 0 Å². The lowest BCUT2D eigenvalue weighted by molar-refractivity contribution is -0.139. The molecule has 5 rings (SSSR count). The Bertz CT molecular complexity index is 1300. The summed E-state index contributed by atoms with van der Waals surface area (Å²) < 4.78 is 39.1. The fourth-order valence-corrected chi connectivity index (χ4v) is 4.98. The van der Waals surface area contributed by atoms with Gasteiger partial charge in [-0.05, 0) is 47.4 Å². The van der Waals surface area contributed by atoms with Crippen molar-refractivity contribution >= 4 is 17.9 Å². The van der Waals surface area contributed by atoms with Crippen molar-refractivity contribution in [2.24, 2.45) is 11.8 Å². The van der Waals surface area contributed by atoms with E-state index in [1.807, 2.05) is 30.3 Å². The van der Waals surface area contributed by atoms with Gasteiger partial charge in [0.05, 0.1) is 23.1 Å². The van der Waals surface area contributed by atoms with E-state index in [1.54, 1.807) is 24.3 Å². The fraction of sp³-hybridized carbons (Fsp3) is 0.222. The third-order valence-electron chi connectivity index (χ3n) is 6.72. The zero-order chi connectivity index (χ0) is 24.0. The number of carbonyl (C=O) groups excluding carboxylic acids is 2. The molecule has 2 aliphatic rings. The van der Waals surface area contributed by atoms with Gasteiger partial charge in [-0.15, -0.1) is 0 Å². The van der Waals surface area contributed by atoms with E-state index in [1.165, 1.54) is 24.2 Å². The van der Waals surface area contributed by atoms with E-state index in [4.69, 9.17) is 0 Å². The monoisotopic (exact) mass is 462 g/mol. The maximum Gasteiger partial charge on any atom is 0.416 e. The second kappa shape index (κ2) is 8.24. The Morgan fingerprint density at radius 3 is 2.50 bits per heavy atom. The molecule has 0 spiro atoms. The molecule has 2 heterocycles. The van der Waals surface area contributed by atoms with Crippen LogP contribution in [0.3, 0.4) is 0 Å². The van der Waals surface area contributed by atoms with Crippen LogP contribution in [0, 0.1) is 11.8 Å². The van der Waals surface area contributed by atoms with Gasteiger partial charge in [0.15, 0.2) is 0 Å². The Labute approximate surface area is 194 Å². The maximum absolute atomic E-state index is 13.0. The largest absolute Gasteiger partial charge is 0.416 e. The molecule has 1 aromatic heterocycles. The van der Waals surface area contributed by atoms with E-state index in [0.717, 1.165) is 23.3 Å². The number of hydrogen-bond donors (Lipinski definition) is 0. The SMILES string of the molecule is CN1C(=O)C2Cc3ccccc3C(C=Cc3ccc(-c4cccc(C(F)(F)F)c4)cn3)C2C1=O. The van der Waals surface area contributed by atoms with E-state index in [-0.39, 0.29) is 23.7 Å². The molecule has 0 saturated carbocycles. The quantitative estimate of drug-likeness (QED) is 0.493. The molecule has 2 aromatic carbocycles. The van der Waals surface area contributed by atoms with Crippen molar-refractivity contribution in [3.8, 4) is 11.1 Å². The van der Waals surface area contributed by atoms with Crippen molar-refractivity contribution in [1.82, 2.24) is 9.88 Å². The van der Waals surface area contributed by atoms with Crippen LogP contribution >= 0.6 is 0 Å². The highest BCUT2D eigenvalue weighted by molar-refractivity contribution is 6.06. The van der Waals surface area contributed by atoms with Gasteiger partial charge >= 0.3 is 6.18 Å². The summed E-state index contributed by atoms with van der Waals surface area (Å²) in [6.45, 7) is 0. The molecule has 1 aliphatic carbocycles. The fourth-order valence-electron chi connectivity index (χ4n) is 4.98. The lowest BCUT2D eigenvalue weighted by Gasteiger charge is -2.31. The van der Waals surface area contributed by atoms with Crippen molar-refractivity contribution in [3.63, 3.8) is 0 Å². The van der Waals surface area contributed by atoms with Crippen molar-refractivity contribution in [3.05, 3.63) is 95.3 Å². The van der Waals surface area contributed by atoms with E-state index in [2.05, 4.69) is 4.98 Å². The minimum absolute atomic E-state index is 0.147. The summed E-state index contributed by atoms with van der Waals surface area (Å²) in [6, 6.07) is 16.4. The van der Waals surface area contributed by atoms with E-state index < -0.39 is 17.7 Å². The summed E-state index contributed by atoms with van der Waals surface area (Å²) in [6.07, 6.45) is 1.38. The number of alkyl halides is 3. The molecule has 1 aliphatic heterocycles. The summed E-state index contributed by atoms with van der Waals surface area (Å²) in [5.41, 5.74) is 2.99. The van der Waals surface area contributed by atoms with Gasteiger partial charge in [0.1, 0.15) is 0 Å². The molecule has 34 heavy (non-hydrogen) atoms. The minimum atomic E-state index is -4.41. The highest BCUT2D eigenvalue weighted by Crippen LogP contribution is 2.45. The molecule has 0 bridgehead atoms. The number of carbonyl (C=O) groups is 2. The zero-order valence-corrected chi connectivity index (χ0v) is 18.3. The molecule has 0 radical (unpaired) electrons. The Balaban J connectivity index is 1.44. The number of allylic oxidation sites excluding steroid dienone is 1. The van der Waals surface area contributed by atoms with Crippen molar-refractivity contribution in [2.75, 3.05) is 7.05 Å². The summed E-state index contributed by atoms with van der Waals surface area (Å²) in [5, 5.41) is 0. The third kappa shape index (κ3) is 3.81. The van der Waals surface area contributed by atoms with Crippen LogP contribution in [0.2, 0.25) is 0 Å². The summed E-state index contributed by atoms with van der Waals surface area (Å²) in [4.78, 5) is 31.1. The van der Waals surface area contributed by atoms with Crippen molar-refractivity contribution in [1.29, 1.82) is 0 Å². The predicted octanol–water partition coefficient (Wildman–Crippen LogP) is 5.35. The first-order valence-corrected chi connectivity index (χ1v) is 10.9. The Hall–Kier alpha value is -3.74. The van der Waals surface area contributed by atoms with Crippen LogP contribution in [0.15, 0.2) is 72.9 Å². The molecule has 3 atom stereocenters. The zero-order valence-electron chi connectivity index (χ0n) is 18.3. The lowest BCUT2D eigenvalue weighted by atomic mass is 9.70. The molecular weight excluding hydrogens is 441 g/mol. The number of aromatic nitrogens is 1. The number of benzene rings is 2. The van der Waals surface area contributed by atoms with Crippen LogP contribution in [-0.2, 0) is 22.2 Å². The number of rotatable bonds is 3. The number of hydrogen-bond acceptors (Lipinski definition) is 3. The van der Waals surface area contributed by atoms with Gasteiger partial charge in [0.25, 0.3) is 0 Å². The normalized spacial score (nSPS) is 22.2. The van der Waals surface area contributed by atoms with Gasteiger partial charge in [-0.2, -0.15) is 13.2 Å². The third-order valence-corrected chi connectivity index (χ3v) is 6.72. The topological polar surface area (TPSA) is 50.3 Å². The average molecular weight is 462 g/mol. The van der Waals surface area contributed by atoms with Gasteiger partial charge in [-0.25, -0.2) is 0 Å². The van der Waals surface area contributed by atoms with Crippen LogP contribution in [0.1, 0.15) is 28.3 Å². The number of pyridine rings is 1. The standard InChI is InChI=1S/C27H21F3N2O2/c1-32-25(33)23-14-17-5-2-3-8-21(17)22(24(23)26(32)34)12-11-20-10-9-18(15-31-20)16-6-4-7-19(13-16)27(28,29)30/h2-13,15,22-24H,14H2,1H3. The van der Waals surface area contributed by atoms with Crippen LogP contribution < -0.4 is 0 Å². The highest BCUT2D eigenvalue weighted by Gasteiger charge is 2.51. The van der Waals surface area contributed by atoms with E-state index in [9.17, 15) is 22.8 Å². The molecule has 7 heteroatoms. The smallest absolute Gasteiger partial charge is 0.285 e. The predicted molar refractivity (Wildman–Crippen MR) is 121 cm³/mol. The first-order valence-electron chi connectivity index (χ1n) is 10.9. The number of likely N-dealkylation sites (tertiary alicyclic amines) is 1. The Morgan fingerprint density at radius 2 is 1.76 bits per heavy atom. The number of amides is 2.